The molecule has 0 saturated carbocycles. The first-order valence-electron chi connectivity index (χ1n) is 22.1. The van der Waals surface area contributed by atoms with E-state index >= 15 is 14.4 Å². The number of methoxy groups -OCH3 is 1. The number of nitrogens with one attached hydrogen (secondary N) is 2. The van der Waals surface area contributed by atoms with Crippen molar-refractivity contribution in [1.82, 2.24) is 4.90 Å². The lowest BCUT2D eigenvalue weighted by atomic mass is 9.65. The average Bonchev–Trinajstić information content (AvgIpc) is 3.85. The number of morpholine rings is 2. The van der Waals surface area contributed by atoms with Crippen molar-refractivity contribution in [1.29, 1.82) is 0 Å². The van der Waals surface area contributed by atoms with Crippen molar-refractivity contribution in [2.75, 3.05) is 62.2 Å². The second-order valence-corrected chi connectivity index (χ2v) is 16.7. The lowest BCUT2D eigenvalue weighted by Crippen LogP contribution is -2.53. The molecule has 1 unspecified atom stereocenters. The first kappa shape index (κ1) is 42.5. The fourth-order valence-corrected chi connectivity index (χ4v) is 10.2. The van der Waals surface area contributed by atoms with Crippen LogP contribution in [0, 0.1) is 17.8 Å². The molecule has 4 aliphatic heterocycles. The predicted octanol–water partition coefficient (Wildman–Crippen LogP) is 7.21. The van der Waals surface area contributed by atoms with Crippen molar-refractivity contribution in [3.8, 4) is 23.3 Å². The van der Waals surface area contributed by atoms with E-state index in [9.17, 15) is 5.11 Å². The Balaban J connectivity index is 1.19. The summed E-state index contributed by atoms with van der Waals surface area (Å²) >= 11 is 0. The fraction of sp³-hybridized carbons (Fsp3) is 0.241. The highest BCUT2D eigenvalue weighted by atomic mass is 16.6. The molecule has 0 aliphatic carbocycles. The molecule has 2 amide bonds. The van der Waals surface area contributed by atoms with Gasteiger partial charge in [0, 0.05) is 41.3 Å². The topological polar surface area (TPSA) is 139 Å². The van der Waals surface area contributed by atoms with Gasteiger partial charge in [-0.15, -0.1) is 0 Å². The van der Waals surface area contributed by atoms with Gasteiger partial charge in [-0.3, -0.25) is 19.3 Å². The molecule has 1 spiro atoms. The van der Waals surface area contributed by atoms with Gasteiger partial charge < -0.3 is 39.6 Å². The van der Waals surface area contributed by atoms with E-state index in [1.165, 1.54) is 0 Å². The van der Waals surface area contributed by atoms with Crippen LogP contribution in [0.3, 0.4) is 0 Å². The second-order valence-electron chi connectivity index (χ2n) is 16.7. The van der Waals surface area contributed by atoms with Gasteiger partial charge >= 0.3 is 5.97 Å². The molecule has 6 aromatic rings. The molecule has 12 heteroatoms. The number of benzene rings is 6. The zero-order valence-corrected chi connectivity index (χ0v) is 36.3. The summed E-state index contributed by atoms with van der Waals surface area (Å²) in [6, 6.07) is 44.3. The van der Waals surface area contributed by atoms with Crippen molar-refractivity contribution >= 4 is 34.8 Å². The van der Waals surface area contributed by atoms with Crippen LogP contribution in [0.2, 0.25) is 0 Å². The summed E-state index contributed by atoms with van der Waals surface area (Å²) in [5.74, 6) is 4.75. The van der Waals surface area contributed by atoms with Gasteiger partial charge in [-0.2, -0.15) is 0 Å². The smallest absolute Gasteiger partial charge is 0.324 e. The van der Waals surface area contributed by atoms with Gasteiger partial charge in [0.15, 0.2) is 0 Å². The average molecular weight is 881 g/mol. The fourth-order valence-electron chi connectivity index (χ4n) is 10.2. The van der Waals surface area contributed by atoms with E-state index in [1.807, 2.05) is 150 Å². The van der Waals surface area contributed by atoms with Crippen LogP contribution in [0.25, 0.3) is 0 Å². The molecule has 3 N–H and O–H groups in total. The van der Waals surface area contributed by atoms with Crippen molar-refractivity contribution < 1.29 is 38.4 Å². The number of carbonyl (C=O) groups excluding carboxylic acids is 3. The van der Waals surface area contributed by atoms with Gasteiger partial charge in [-0.25, -0.2) is 0 Å². The van der Waals surface area contributed by atoms with Crippen molar-refractivity contribution in [3.63, 3.8) is 0 Å². The quantitative estimate of drug-likeness (QED) is 0.0956. The van der Waals surface area contributed by atoms with E-state index in [2.05, 4.69) is 27.4 Å². The number of cyclic esters (lactones) is 1. The number of ether oxygens (including phenoxy) is 4. The lowest BCUT2D eigenvalue weighted by molar-refractivity contribution is -0.177. The van der Waals surface area contributed by atoms with Crippen LogP contribution in [0.4, 0.5) is 17.1 Å². The van der Waals surface area contributed by atoms with Crippen LogP contribution in [-0.2, 0) is 29.3 Å². The number of aliphatic hydroxyl groups excluding tert-OH is 1. The van der Waals surface area contributed by atoms with E-state index in [1.54, 1.807) is 13.2 Å². The highest BCUT2D eigenvalue weighted by molar-refractivity contribution is 6.13. The summed E-state index contributed by atoms with van der Waals surface area (Å²) in [6.45, 7) is 2.57. The Morgan fingerprint density at radius 3 is 2.17 bits per heavy atom. The Morgan fingerprint density at radius 2 is 1.45 bits per heavy atom. The molecular formula is C54H48N4O8. The Morgan fingerprint density at radius 1 is 0.773 bits per heavy atom. The number of carbonyl (C=O) groups is 3. The summed E-state index contributed by atoms with van der Waals surface area (Å²) in [5, 5.41) is 16.1. The molecule has 4 aliphatic rings. The number of aliphatic hydroxyl groups is 1. The Kier molecular flexibility index (Phi) is 11.7. The number of esters is 1. The molecule has 0 bridgehead atoms. The molecule has 332 valence electrons. The number of rotatable bonds is 10. The molecule has 6 aromatic carbocycles. The molecule has 4 heterocycles. The number of fused-ring (bicyclic) bond motifs is 3. The molecule has 0 radical (unpaired) electrons. The zero-order chi connectivity index (χ0) is 45.2. The summed E-state index contributed by atoms with van der Waals surface area (Å²) < 4.78 is 23.5. The maximum Gasteiger partial charge on any atom is 0.324 e. The Labute approximate surface area is 383 Å². The van der Waals surface area contributed by atoms with Gasteiger partial charge in [0.1, 0.15) is 35.7 Å². The van der Waals surface area contributed by atoms with Crippen molar-refractivity contribution in [2.24, 2.45) is 5.92 Å². The molecular weight excluding hydrogens is 833 g/mol. The normalized spacial score (nSPS) is 23.2. The van der Waals surface area contributed by atoms with Crippen LogP contribution in [0.1, 0.15) is 51.6 Å². The maximum absolute atomic E-state index is 15.7. The minimum atomic E-state index is -1.75. The van der Waals surface area contributed by atoms with Crippen molar-refractivity contribution in [3.05, 3.63) is 185 Å². The number of amides is 2. The third kappa shape index (κ3) is 7.71. The second kappa shape index (κ2) is 18.2. The van der Waals surface area contributed by atoms with E-state index in [0.717, 1.165) is 35.5 Å². The SMILES string of the molecule is COc1ccc(C#Cc2ccc3c(c2)[C@@]2(C(=O)N3)[C@H](C(=O)Nc3ccc(N4CCOCC4)cc3)C3C(=O)O[C@H](c4ccccc4)[C@H](c4ccccc4)N3[C@@H]2c2cccc(OCCO)c2)cc1. The zero-order valence-electron chi connectivity index (χ0n) is 36.3. The van der Waals surface area contributed by atoms with E-state index in [4.69, 9.17) is 18.9 Å². The molecule has 12 nitrogen and oxygen atoms in total. The molecule has 6 atom stereocenters. The standard InChI is InChI=1S/C54H48N4O8/c1-63-42-24-17-35(18-25-42)15-16-36-19-26-45-44(33-36)54(53(62)56-45)46(51(60)55-40-20-22-41(23-21-40)57-27-30-64-31-28-57)48-52(61)66-49(38-11-6-3-7-12-38)47(37-9-4-2-5-10-37)58(48)50(54)39-13-8-14-43(34-39)65-32-29-59/h2-14,17-26,33-34,46-50,59H,27-32H2,1H3,(H,55,60)(H,56,62)/t46-,47-,48?,49+,50+,54+/m0/s1. The van der Waals surface area contributed by atoms with Crippen molar-refractivity contribution in [2.45, 2.75) is 29.6 Å². The third-order valence-corrected chi connectivity index (χ3v) is 13.1. The summed E-state index contributed by atoms with van der Waals surface area (Å²) in [7, 11) is 1.61. The van der Waals surface area contributed by atoms with Gasteiger partial charge in [0.2, 0.25) is 11.8 Å². The van der Waals surface area contributed by atoms with Crippen LogP contribution >= 0.6 is 0 Å². The van der Waals surface area contributed by atoms with E-state index < -0.39 is 53.3 Å². The summed E-state index contributed by atoms with van der Waals surface area (Å²) in [4.78, 5) is 50.9. The monoisotopic (exact) mass is 880 g/mol. The van der Waals surface area contributed by atoms with Crippen LogP contribution in [0.5, 0.6) is 11.5 Å². The molecule has 3 fully saturated rings. The van der Waals surface area contributed by atoms with E-state index in [0.29, 0.717) is 52.8 Å². The number of hydrogen-bond acceptors (Lipinski definition) is 10. The van der Waals surface area contributed by atoms with Gasteiger partial charge in [-0.1, -0.05) is 84.6 Å². The number of nitrogens with zero attached hydrogens (tertiary/aromatic N) is 2. The lowest BCUT2D eigenvalue weighted by Gasteiger charge is -2.46. The van der Waals surface area contributed by atoms with E-state index in [-0.39, 0.29) is 13.2 Å². The molecule has 66 heavy (non-hydrogen) atoms. The first-order valence-corrected chi connectivity index (χ1v) is 22.1. The minimum absolute atomic E-state index is 0.0373. The van der Waals surface area contributed by atoms with Gasteiger partial charge in [0.25, 0.3) is 0 Å². The third-order valence-electron chi connectivity index (χ3n) is 13.1. The maximum atomic E-state index is 15.7. The van der Waals surface area contributed by atoms with Crippen LogP contribution in [-0.4, -0.2) is 80.5 Å². The summed E-state index contributed by atoms with van der Waals surface area (Å²) in [5.41, 5.74) is 4.34. The largest absolute Gasteiger partial charge is 0.497 e. The van der Waals surface area contributed by atoms with Gasteiger partial charge in [0.05, 0.1) is 44.9 Å². The highest BCUT2D eigenvalue weighted by Gasteiger charge is 2.74. The number of anilines is 3. The molecule has 10 rings (SSSR count). The highest BCUT2D eigenvalue weighted by Crippen LogP contribution is 2.65. The first-order chi connectivity index (χ1) is 32.4. The molecule has 3 saturated heterocycles. The van der Waals surface area contributed by atoms with Gasteiger partial charge in [-0.05, 0) is 101 Å². The number of hydrogen-bond donors (Lipinski definition) is 3. The van der Waals surface area contributed by atoms with Crippen LogP contribution < -0.4 is 25.0 Å². The predicted molar refractivity (Wildman–Crippen MR) is 249 cm³/mol. The minimum Gasteiger partial charge on any atom is -0.497 e. The Bertz CT molecular complexity index is 2810. The van der Waals surface area contributed by atoms with Crippen LogP contribution in [0.15, 0.2) is 152 Å². The Hall–Kier alpha value is -7.43. The summed E-state index contributed by atoms with van der Waals surface area (Å²) in [6.07, 6.45) is -0.828. The molecule has 0 aromatic heterocycles.